The number of hydrogen-bond acceptors (Lipinski definition) is 3. The first-order valence-corrected chi connectivity index (χ1v) is 7.86. The Kier molecular flexibility index (Phi) is 4.06. The van der Waals surface area contributed by atoms with Crippen molar-refractivity contribution in [3.8, 4) is 0 Å². The summed E-state index contributed by atoms with van der Waals surface area (Å²) in [6.07, 6.45) is 1.18. The second-order valence-electron chi connectivity index (χ2n) is 4.21. The molecule has 112 valence electrons. The third-order valence-corrected chi connectivity index (χ3v) is 4.64. The van der Waals surface area contributed by atoms with Crippen molar-refractivity contribution < 1.29 is 22.7 Å². The molecule has 2 N–H and O–H groups in total. The van der Waals surface area contributed by atoms with Gasteiger partial charge in [-0.3, -0.25) is 4.72 Å². The van der Waals surface area contributed by atoms with E-state index in [0.717, 1.165) is 12.1 Å². The van der Waals surface area contributed by atoms with Crippen LogP contribution in [0.2, 0.25) is 0 Å². The van der Waals surface area contributed by atoms with E-state index in [1.54, 1.807) is 0 Å². The molecule has 2 aromatic rings. The predicted octanol–water partition coefficient (Wildman–Crippen LogP) is 2.43. The first kappa shape index (κ1) is 15.5. The van der Waals surface area contributed by atoms with Crippen molar-refractivity contribution in [1.82, 2.24) is 4.57 Å². The molecular formula is C12H10BrFN2O4S. The molecule has 0 saturated carbocycles. The zero-order valence-electron chi connectivity index (χ0n) is 10.7. The van der Waals surface area contributed by atoms with E-state index in [1.165, 1.54) is 29.9 Å². The van der Waals surface area contributed by atoms with Gasteiger partial charge in [0.05, 0.1) is 10.2 Å². The molecule has 1 aromatic heterocycles. The van der Waals surface area contributed by atoms with Gasteiger partial charge in [0.1, 0.15) is 16.4 Å². The summed E-state index contributed by atoms with van der Waals surface area (Å²) in [5.74, 6) is -1.76. The van der Waals surface area contributed by atoms with Gasteiger partial charge < -0.3 is 9.67 Å². The van der Waals surface area contributed by atoms with Crippen LogP contribution in [0.5, 0.6) is 0 Å². The highest BCUT2D eigenvalue weighted by Crippen LogP contribution is 2.23. The highest BCUT2D eigenvalue weighted by Gasteiger charge is 2.20. The Hall–Kier alpha value is -1.87. The summed E-state index contributed by atoms with van der Waals surface area (Å²) in [5.41, 5.74) is -0.000310. The lowest BCUT2D eigenvalue weighted by molar-refractivity contribution is 0.0686. The molecule has 0 radical (unpaired) electrons. The molecule has 0 fully saturated rings. The fraction of sp³-hybridized carbons (Fsp3) is 0.0833. The minimum atomic E-state index is -3.96. The molecule has 1 heterocycles. The summed E-state index contributed by atoms with van der Waals surface area (Å²) in [4.78, 5) is 10.7. The highest BCUT2D eigenvalue weighted by molar-refractivity contribution is 9.10. The van der Waals surface area contributed by atoms with Crippen LogP contribution in [0.25, 0.3) is 0 Å². The molecule has 0 bridgehead atoms. The van der Waals surface area contributed by atoms with Gasteiger partial charge in [-0.05, 0) is 40.2 Å². The molecule has 0 aliphatic carbocycles. The van der Waals surface area contributed by atoms with Crippen molar-refractivity contribution in [3.63, 3.8) is 0 Å². The van der Waals surface area contributed by atoms with Crippen LogP contribution in [-0.4, -0.2) is 24.1 Å². The van der Waals surface area contributed by atoms with Crippen LogP contribution < -0.4 is 4.72 Å². The van der Waals surface area contributed by atoms with E-state index in [2.05, 4.69) is 20.7 Å². The number of carboxylic acids is 1. The van der Waals surface area contributed by atoms with Crippen molar-refractivity contribution in [1.29, 1.82) is 0 Å². The molecule has 0 amide bonds. The zero-order chi connectivity index (χ0) is 15.8. The maximum Gasteiger partial charge on any atom is 0.352 e. The van der Waals surface area contributed by atoms with Crippen LogP contribution in [-0.2, 0) is 17.1 Å². The molecule has 0 unspecified atom stereocenters. The minimum absolute atomic E-state index is 0.113. The molecule has 0 aliphatic heterocycles. The molecule has 0 atom stereocenters. The number of benzene rings is 1. The van der Waals surface area contributed by atoms with E-state index in [-0.39, 0.29) is 20.7 Å². The number of nitrogens with one attached hydrogen (secondary N) is 1. The van der Waals surface area contributed by atoms with Crippen LogP contribution in [0.3, 0.4) is 0 Å². The Morgan fingerprint density at radius 2 is 2.05 bits per heavy atom. The monoisotopic (exact) mass is 376 g/mol. The Labute approximate surface area is 128 Å². The van der Waals surface area contributed by atoms with Gasteiger partial charge in [0.25, 0.3) is 10.0 Å². The molecule has 2 rings (SSSR count). The van der Waals surface area contributed by atoms with E-state index in [0.29, 0.717) is 0 Å². The van der Waals surface area contributed by atoms with Crippen LogP contribution in [0.1, 0.15) is 10.5 Å². The summed E-state index contributed by atoms with van der Waals surface area (Å²) in [6, 6.07) is 4.69. The maximum atomic E-state index is 13.1. The largest absolute Gasteiger partial charge is 0.477 e. The van der Waals surface area contributed by atoms with Gasteiger partial charge >= 0.3 is 5.97 Å². The Balaban J connectivity index is 2.36. The van der Waals surface area contributed by atoms with E-state index in [1.807, 2.05) is 0 Å². The third kappa shape index (κ3) is 3.24. The van der Waals surface area contributed by atoms with Crippen LogP contribution in [0.15, 0.2) is 39.8 Å². The molecule has 1 aromatic carbocycles. The van der Waals surface area contributed by atoms with Gasteiger partial charge in [-0.1, -0.05) is 0 Å². The van der Waals surface area contributed by atoms with Gasteiger partial charge in [-0.2, -0.15) is 0 Å². The Bertz CT molecular complexity index is 817. The topological polar surface area (TPSA) is 88.4 Å². The normalized spacial score (nSPS) is 11.4. The number of aromatic nitrogens is 1. The van der Waals surface area contributed by atoms with Crippen molar-refractivity contribution in [2.75, 3.05) is 4.72 Å². The van der Waals surface area contributed by atoms with Gasteiger partial charge in [0.2, 0.25) is 0 Å². The quantitative estimate of drug-likeness (QED) is 0.857. The number of aryl methyl sites for hydroxylation is 1. The average Bonchev–Trinajstić information content (AvgIpc) is 2.77. The molecule has 0 spiro atoms. The van der Waals surface area contributed by atoms with Crippen LogP contribution >= 0.6 is 15.9 Å². The second-order valence-corrected chi connectivity index (χ2v) is 6.75. The van der Waals surface area contributed by atoms with Crippen molar-refractivity contribution >= 4 is 37.6 Å². The first-order valence-electron chi connectivity index (χ1n) is 5.58. The number of carboxylic acid groups (broad SMARTS) is 1. The van der Waals surface area contributed by atoms with Gasteiger partial charge in [-0.25, -0.2) is 17.6 Å². The number of sulfonamides is 1. The summed E-state index contributed by atoms with van der Waals surface area (Å²) in [5, 5.41) is 8.92. The van der Waals surface area contributed by atoms with Crippen LogP contribution in [0, 0.1) is 5.82 Å². The summed E-state index contributed by atoms with van der Waals surface area (Å²) in [6.45, 7) is 0. The van der Waals surface area contributed by atoms with Gasteiger partial charge in [0.15, 0.2) is 0 Å². The smallest absolute Gasteiger partial charge is 0.352 e. The summed E-state index contributed by atoms with van der Waals surface area (Å²) in [7, 11) is -2.53. The maximum absolute atomic E-state index is 13.1. The number of carbonyl (C=O) groups is 1. The summed E-state index contributed by atoms with van der Waals surface area (Å²) >= 11 is 2.95. The second kappa shape index (κ2) is 5.49. The molecule has 0 aliphatic rings. The SMILES string of the molecule is Cn1cc(S(=O)(=O)Nc2ccc(F)c(Br)c2)cc1C(=O)O. The van der Waals surface area contributed by atoms with Crippen molar-refractivity contribution in [3.05, 3.63) is 46.4 Å². The predicted molar refractivity (Wildman–Crippen MR) is 77.3 cm³/mol. The minimum Gasteiger partial charge on any atom is -0.477 e. The number of aromatic carboxylic acids is 1. The lowest BCUT2D eigenvalue weighted by Crippen LogP contribution is -2.12. The zero-order valence-corrected chi connectivity index (χ0v) is 13.1. The van der Waals surface area contributed by atoms with Crippen LogP contribution in [0.4, 0.5) is 10.1 Å². The fourth-order valence-corrected chi connectivity index (χ4v) is 3.17. The number of halogens is 2. The Morgan fingerprint density at radius 3 is 2.57 bits per heavy atom. The highest BCUT2D eigenvalue weighted by atomic mass is 79.9. The Morgan fingerprint density at radius 1 is 1.38 bits per heavy atom. The van der Waals surface area contributed by atoms with Gasteiger partial charge in [0, 0.05) is 13.2 Å². The molecule has 0 saturated heterocycles. The standard InChI is InChI=1S/C12H10BrFN2O4S/c1-16-6-8(5-11(16)12(17)18)21(19,20)15-7-2-3-10(14)9(13)4-7/h2-6,15H,1H3,(H,17,18). The first-order chi connectivity index (χ1) is 9.70. The van der Waals surface area contributed by atoms with Gasteiger partial charge in [-0.15, -0.1) is 0 Å². The average molecular weight is 377 g/mol. The summed E-state index contributed by atoms with van der Waals surface area (Å²) < 4.78 is 41.0. The number of rotatable bonds is 4. The molecular weight excluding hydrogens is 367 g/mol. The third-order valence-electron chi connectivity index (χ3n) is 2.68. The van der Waals surface area contributed by atoms with E-state index < -0.39 is 21.8 Å². The number of hydrogen-bond donors (Lipinski definition) is 2. The number of nitrogens with zero attached hydrogens (tertiary/aromatic N) is 1. The lowest BCUT2D eigenvalue weighted by Gasteiger charge is -2.07. The number of anilines is 1. The molecule has 9 heteroatoms. The van der Waals surface area contributed by atoms with Crippen molar-refractivity contribution in [2.45, 2.75) is 4.90 Å². The fourth-order valence-electron chi connectivity index (χ4n) is 1.67. The van der Waals surface area contributed by atoms with E-state index in [4.69, 9.17) is 5.11 Å². The van der Waals surface area contributed by atoms with E-state index >= 15 is 0 Å². The molecule has 21 heavy (non-hydrogen) atoms. The molecule has 6 nitrogen and oxygen atoms in total. The van der Waals surface area contributed by atoms with E-state index in [9.17, 15) is 17.6 Å². The van der Waals surface area contributed by atoms with Crippen molar-refractivity contribution in [2.24, 2.45) is 7.05 Å². The lowest BCUT2D eigenvalue weighted by atomic mass is 10.3.